The molecule has 0 rings (SSSR count). The molecule has 0 saturated heterocycles. The standard InChI is InChI=1S/C7H16BrNO3S/c1-7(2)13(10,11)9-4-6-12-5-3-8/h7,9H,3-6H2,1-2H3. The highest BCUT2D eigenvalue weighted by Gasteiger charge is 2.13. The summed E-state index contributed by atoms with van der Waals surface area (Å²) in [6.45, 7) is 4.64. The molecule has 0 unspecified atom stereocenters. The van der Waals surface area contributed by atoms with Crippen LogP contribution in [0.3, 0.4) is 0 Å². The largest absolute Gasteiger partial charge is 0.379 e. The van der Waals surface area contributed by atoms with E-state index in [0.717, 1.165) is 5.33 Å². The first-order chi connectivity index (χ1) is 6.00. The molecule has 0 saturated carbocycles. The normalized spacial score (nSPS) is 12.3. The monoisotopic (exact) mass is 273 g/mol. The highest BCUT2D eigenvalue weighted by atomic mass is 79.9. The third-order valence-electron chi connectivity index (χ3n) is 1.39. The van der Waals surface area contributed by atoms with Crippen LogP contribution < -0.4 is 4.72 Å². The third kappa shape index (κ3) is 6.42. The van der Waals surface area contributed by atoms with Crippen LogP contribution in [0.25, 0.3) is 0 Å². The van der Waals surface area contributed by atoms with E-state index in [1.807, 2.05) is 0 Å². The molecule has 13 heavy (non-hydrogen) atoms. The van der Waals surface area contributed by atoms with Gasteiger partial charge >= 0.3 is 0 Å². The molecule has 80 valence electrons. The molecule has 0 aromatic carbocycles. The van der Waals surface area contributed by atoms with Gasteiger partial charge in [-0.1, -0.05) is 15.9 Å². The van der Waals surface area contributed by atoms with Crippen LogP contribution in [0.5, 0.6) is 0 Å². The van der Waals surface area contributed by atoms with Crippen molar-refractivity contribution in [2.45, 2.75) is 19.1 Å². The minimum Gasteiger partial charge on any atom is -0.379 e. The Bertz CT molecular complexity index is 216. The highest BCUT2D eigenvalue weighted by molar-refractivity contribution is 9.09. The van der Waals surface area contributed by atoms with Crippen molar-refractivity contribution in [3.63, 3.8) is 0 Å². The summed E-state index contributed by atoms with van der Waals surface area (Å²) in [6, 6.07) is 0. The third-order valence-corrected chi connectivity index (χ3v) is 3.56. The van der Waals surface area contributed by atoms with Gasteiger partial charge in [0.05, 0.1) is 18.5 Å². The van der Waals surface area contributed by atoms with Gasteiger partial charge < -0.3 is 4.74 Å². The average molecular weight is 274 g/mol. The molecule has 0 aliphatic carbocycles. The summed E-state index contributed by atoms with van der Waals surface area (Å²) in [5.74, 6) is 0. The molecule has 0 aliphatic rings. The lowest BCUT2D eigenvalue weighted by molar-refractivity contribution is 0.156. The van der Waals surface area contributed by atoms with Gasteiger partial charge in [0, 0.05) is 11.9 Å². The Morgan fingerprint density at radius 1 is 1.38 bits per heavy atom. The molecule has 6 heteroatoms. The maximum Gasteiger partial charge on any atom is 0.214 e. The SMILES string of the molecule is CC(C)S(=O)(=O)NCCOCCBr. The minimum absolute atomic E-state index is 0.341. The predicted octanol–water partition coefficient (Wildman–Crippen LogP) is 0.726. The molecule has 0 amide bonds. The van der Waals surface area contributed by atoms with Crippen molar-refractivity contribution in [1.29, 1.82) is 0 Å². The summed E-state index contributed by atoms with van der Waals surface area (Å²) in [5.41, 5.74) is 0. The van der Waals surface area contributed by atoms with Crippen molar-refractivity contribution in [2.24, 2.45) is 0 Å². The van der Waals surface area contributed by atoms with Gasteiger partial charge in [-0.2, -0.15) is 0 Å². The molecule has 0 aromatic rings. The summed E-state index contributed by atoms with van der Waals surface area (Å²) < 4.78 is 29.9. The molecule has 4 nitrogen and oxygen atoms in total. The van der Waals surface area contributed by atoms with Gasteiger partial charge in [0.2, 0.25) is 10.0 Å². The number of rotatable bonds is 7. The zero-order chi connectivity index (χ0) is 10.3. The highest BCUT2D eigenvalue weighted by Crippen LogP contribution is 1.94. The van der Waals surface area contributed by atoms with Crippen molar-refractivity contribution in [3.05, 3.63) is 0 Å². The van der Waals surface area contributed by atoms with Crippen LogP contribution >= 0.6 is 15.9 Å². The second kappa shape index (κ2) is 6.75. The topological polar surface area (TPSA) is 55.4 Å². The van der Waals surface area contributed by atoms with E-state index in [1.165, 1.54) is 0 Å². The van der Waals surface area contributed by atoms with Gasteiger partial charge in [-0.3, -0.25) is 0 Å². The van der Waals surface area contributed by atoms with Crippen LogP contribution in [0.4, 0.5) is 0 Å². The zero-order valence-corrected chi connectivity index (χ0v) is 10.3. The van der Waals surface area contributed by atoms with Crippen molar-refractivity contribution < 1.29 is 13.2 Å². The second-order valence-electron chi connectivity index (χ2n) is 2.79. The first-order valence-corrected chi connectivity index (χ1v) is 6.79. The van der Waals surface area contributed by atoms with Crippen LogP contribution in [0.15, 0.2) is 0 Å². The van der Waals surface area contributed by atoms with E-state index in [1.54, 1.807) is 13.8 Å². The Hall–Kier alpha value is 0.350. The first kappa shape index (κ1) is 13.4. The van der Waals surface area contributed by atoms with Crippen molar-refractivity contribution in [1.82, 2.24) is 4.72 Å². The molecule has 0 aromatic heterocycles. The Balaban J connectivity index is 3.53. The van der Waals surface area contributed by atoms with Crippen LogP contribution in [-0.2, 0) is 14.8 Å². The first-order valence-electron chi connectivity index (χ1n) is 4.13. The molecule has 0 fully saturated rings. The van der Waals surface area contributed by atoms with E-state index < -0.39 is 10.0 Å². The van der Waals surface area contributed by atoms with Crippen molar-refractivity contribution >= 4 is 26.0 Å². The number of halogens is 1. The molecule has 0 aliphatic heterocycles. The van der Waals surface area contributed by atoms with Gasteiger partial charge in [-0.05, 0) is 13.8 Å². The average Bonchev–Trinajstić information content (AvgIpc) is 2.03. The number of hydrogen-bond acceptors (Lipinski definition) is 3. The Labute approximate surface area is 88.2 Å². The molecule has 0 atom stereocenters. The van der Waals surface area contributed by atoms with Gasteiger partial charge in [-0.15, -0.1) is 0 Å². The number of ether oxygens (including phenoxy) is 1. The van der Waals surface area contributed by atoms with Gasteiger partial charge in [0.15, 0.2) is 0 Å². The number of sulfonamides is 1. The fourth-order valence-electron chi connectivity index (χ4n) is 0.579. The van der Waals surface area contributed by atoms with E-state index in [-0.39, 0.29) is 5.25 Å². The molecule has 0 heterocycles. The fraction of sp³-hybridized carbons (Fsp3) is 1.00. The van der Waals surface area contributed by atoms with Crippen molar-refractivity contribution in [2.75, 3.05) is 25.1 Å². The molecule has 1 N–H and O–H groups in total. The van der Waals surface area contributed by atoms with Crippen LogP contribution in [0.2, 0.25) is 0 Å². The zero-order valence-electron chi connectivity index (χ0n) is 7.92. The van der Waals surface area contributed by atoms with Crippen molar-refractivity contribution in [3.8, 4) is 0 Å². The van der Waals surface area contributed by atoms with E-state index in [2.05, 4.69) is 20.7 Å². The summed E-state index contributed by atoms with van der Waals surface area (Å²) in [7, 11) is -3.13. The lowest BCUT2D eigenvalue weighted by Crippen LogP contribution is -2.33. The van der Waals surface area contributed by atoms with E-state index in [0.29, 0.717) is 19.8 Å². The molecule has 0 radical (unpaired) electrons. The number of nitrogens with one attached hydrogen (secondary N) is 1. The van der Waals surface area contributed by atoms with Crippen LogP contribution in [-0.4, -0.2) is 38.8 Å². The lowest BCUT2D eigenvalue weighted by Gasteiger charge is -2.08. The van der Waals surface area contributed by atoms with E-state index in [9.17, 15) is 8.42 Å². The number of alkyl halides is 1. The summed E-state index contributed by atoms with van der Waals surface area (Å²) in [4.78, 5) is 0. The fourth-order valence-corrected chi connectivity index (χ4v) is 1.51. The lowest BCUT2D eigenvalue weighted by atomic mass is 10.6. The minimum atomic E-state index is -3.13. The second-order valence-corrected chi connectivity index (χ2v) is 5.90. The van der Waals surface area contributed by atoms with E-state index >= 15 is 0 Å². The Morgan fingerprint density at radius 2 is 2.00 bits per heavy atom. The van der Waals surface area contributed by atoms with Gasteiger partial charge in [0.25, 0.3) is 0 Å². The number of hydrogen-bond donors (Lipinski definition) is 1. The molecular formula is C7H16BrNO3S. The maximum absolute atomic E-state index is 11.2. The van der Waals surface area contributed by atoms with E-state index in [4.69, 9.17) is 4.74 Å². The Morgan fingerprint density at radius 3 is 2.46 bits per heavy atom. The summed E-state index contributed by atoms with van der Waals surface area (Å²) >= 11 is 3.20. The maximum atomic E-state index is 11.2. The molecule has 0 bridgehead atoms. The summed E-state index contributed by atoms with van der Waals surface area (Å²) in [6.07, 6.45) is 0. The Kier molecular flexibility index (Phi) is 6.93. The quantitative estimate of drug-likeness (QED) is 0.550. The summed E-state index contributed by atoms with van der Waals surface area (Å²) in [5, 5.41) is 0.382. The van der Waals surface area contributed by atoms with Gasteiger partial charge in [0.1, 0.15) is 0 Å². The van der Waals surface area contributed by atoms with Crippen LogP contribution in [0, 0.1) is 0 Å². The molecular weight excluding hydrogens is 258 g/mol. The van der Waals surface area contributed by atoms with Gasteiger partial charge in [-0.25, -0.2) is 13.1 Å². The smallest absolute Gasteiger partial charge is 0.214 e. The van der Waals surface area contributed by atoms with Crippen LogP contribution in [0.1, 0.15) is 13.8 Å². The predicted molar refractivity (Wildman–Crippen MR) is 56.7 cm³/mol. The molecule has 0 spiro atoms.